The lowest BCUT2D eigenvalue weighted by Crippen LogP contribution is -2.34. The lowest BCUT2D eigenvalue weighted by Gasteiger charge is -2.13. The average Bonchev–Trinajstić information content (AvgIpc) is 2.98. The number of benzene rings is 1. The quantitative estimate of drug-likeness (QED) is 0.702. The van der Waals surface area contributed by atoms with E-state index >= 15 is 0 Å². The number of hydrogen-bond donors (Lipinski definition) is 2. The van der Waals surface area contributed by atoms with Crippen LogP contribution in [0.3, 0.4) is 0 Å². The van der Waals surface area contributed by atoms with Crippen molar-refractivity contribution in [1.82, 2.24) is 20.4 Å². The Morgan fingerprint density at radius 1 is 0.933 bits per heavy atom. The number of rotatable bonds is 5. The summed E-state index contributed by atoms with van der Waals surface area (Å²) < 4.78 is 88.9. The van der Waals surface area contributed by atoms with Crippen molar-refractivity contribution in [3.05, 3.63) is 46.5 Å². The Balaban J connectivity index is 2.34. The molecule has 2 aromatic rings. The Morgan fingerprint density at radius 2 is 1.47 bits per heavy atom. The van der Waals surface area contributed by atoms with Crippen LogP contribution in [0.15, 0.2) is 18.2 Å². The average molecular weight is 440 g/mol. The molecule has 1 aromatic carbocycles. The summed E-state index contributed by atoms with van der Waals surface area (Å²) in [6, 6.07) is 2.92. The van der Waals surface area contributed by atoms with Gasteiger partial charge in [-0.05, 0) is 37.6 Å². The Kier molecular flexibility index (Phi) is 6.42. The van der Waals surface area contributed by atoms with Crippen LogP contribution in [0.1, 0.15) is 32.1 Å². The Hall–Kier alpha value is -3.12. The summed E-state index contributed by atoms with van der Waals surface area (Å²) in [6.07, 6.45) is -9.29. The van der Waals surface area contributed by atoms with Gasteiger partial charge in [0.15, 0.2) is 5.69 Å². The monoisotopic (exact) mass is 440 g/mol. The highest BCUT2D eigenvalue weighted by Crippen LogP contribution is 2.22. The summed E-state index contributed by atoms with van der Waals surface area (Å²) in [4.78, 5) is 23.9. The summed E-state index contributed by atoms with van der Waals surface area (Å²) >= 11 is 0. The van der Waals surface area contributed by atoms with Gasteiger partial charge in [0.05, 0.1) is 0 Å². The first-order valence-corrected chi connectivity index (χ1v) is 8.25. The van der Waals surface area contributed by atoms with Crippen LogP contribution in [0.2, 0.25) is 0 Å². The van der Waals surface area contributed by atoms with Gasteiger partial charge in [-0.25, -0.2) is 9.07 Å². The number of carbonyl (C=O) groups is 2. The van der Waals surface area contributed by atoms with Crippen LogP contribution in [0.5, 0.6) is 0 Å². The van der Waals surface area contributed by atoms with Gasteiger partial charge in [-0.2, -0.15) is 31.4 Å². The first-order chi connectivity index (χ1) is 13.7. The van der Waals surface area contributed by atoms with E-state index in [0.29, 0.717) is 0 Å². The molecule has 0 fully saturated rings. The van der Waals surface area contributed by atoms with Gasteiger partial charge in [0, 0.05) is 11.3 Å². The first-order valence-electron chi connectivity index (χ1n) is 8.25. The van der Waals surface area contributed by atoms with E-state index < -0.39 is 48.8 Å². The highest BCUT2D eigenvalue weighted by atomic mass is 19.4. The normalized spacial score (nSPS) is 12.0. The number of halogens is 7. The number of hydrogen-bond acceptors (Lipinski definition) is 3. The zero-order valence-corrected chi connectivity index (χ0v) is 15.5. The zero-order chi connectivity index (χ0) is 22.9. The van der Waals surface area contributed by atoms with Gasteiger partial charge < -0.3 is 10.6 Å². The van der Waals surface area contributed by atoms with E-state index in [0.717, 1.165) is 22.9 Å². The summed E-state index contributed by atoms with van der Waals surface area (Å²) in [7, 11) is 0. The molecule has 0 atom stereocenters. The van der Waals surface area contributed by atoms with Crippen molar-refractivity contribution in [3.8, 4) is 5.69 Å². The summed E-state index contributed by atoms with van der Waals surface area (Å²) in [6.45, 7) is -0.514. The van der Waals surface area contributed by atoms with Gasteiger partial charge in [-0.3, -0.25) is 9.59 Å². The van der Waals surface area contributed by atoms with Gasteiger partial charge >= 0.3 is 12.4 Å². The van der Waals surface area contributed by atoms with E-state index in [1.165, 1.54) is 13.8 Å². The lowest BCUT2D eigenvalue weighted by molar-refractivity contribution is -0.123. The van der Waals surface area contributed by atoms with E-state index in [-0.39, 0.29) is 22.5 Å². The standard InChI is InChI=1S/C17H15F7N4O2/c1-8-3-11(18)13(5-10(8)14(29)25-6-16(19,20)21)28-9(2)4-12(27-28)15(30)26-7-17(22,23)24/h3-5H,6-7H2,1-2H3,(H,25,29)(H,26,30). The third kappa shape index (κ3) is 5.94. The van der Waals surface area contributed by atoms with Crippen LogP contribution in [0, 0.1) is 19.7 Å². The highest BCUT2D eigenvalue weighted by Gasteiger charge is 2.30. The number of aryl methyl sites for hydroxylation is 2. The molecule has 0 aliphatic rings. The van der Waals surface area contributed by atoms with Crippen molar-refractivity contribution >= 4 is 11.8 Å². The number of nitrogens with zero attached hydrogens (tertiary/aromatic N) is 2. The van der Waals surface area contributed by atoms with Crippen LogP contribution < -0.4 is 10.6 Å². The number of amides is 2. The van der Waals surface area contributed by atoms with E-state index in [1.807, 2.05) is 0 Å². The fourth-order valence-corrected chi connectivity index (χ4v) is 2.44. The molecule has 13 heteroatoms. The minimum Gasteiger partial charge on any atom is -0.343 e. The van der Waals surface area contributed by atoms with E-state index in [9.17, 15) is 40.3 Å². The Morgan fingerprint density at radius 3 is 2.00 bits per heavy atom. The van der Waals surface area contributed by atoms with Crippen molar-refractivity contribution in [3.63, 3.8) is 0 Å². The smallest absolute Gasteiger partial charge is 0.343 e. The maximum atomic E-state index is 14.4. The van der Waals surface area contributed by atoms with Crippen molar-refractivity contribution < 1.29 is 40.3 Å². The molecular weight excluding hydrogens is 425 g/mol. The van der Waals surface area contributed by atoms with Gasteiger partial charge in [-0.1, -0.05) is 0 Å². The van der Waals surface area contributed by atoms with Crippen LogP contribution in [0.25, 0.3) is 5.69 Å². The molecule has 2 amide bonds. The highest BCUT2D eigenvalue weighted by molar-refractivity contribution is 5.96. The second kappa shape index (κ2) is 8.32. The third-order valence-electron chi connectivity index (χ3n) is 3.79. The van der Waals surface area contributed by atoms with Crippen molar-refractivity contribution in [2.24, 2.45) is 0 Å². The number of aromatic nitrogens is 2. The van der Waals surface area contributed by atoms with Gasteiger partial charge in [-0.15, -0.1) is 0 Å². The maximum Gasteiger partial charge on any atom is 0.405 e. The zero-order valence-electron chi connectivity index (χ0n) is 15.5. The molecule has 0 saturated carbocycles. The molecule has 0 saturated heterocycles. The SMILES string of the molecule is Cc1cc(F)c(-n2nc(C(=O)NCC(F)(F)F)cc2C)cc1C(=O)NCC(F)(F)F. The van der Waals surface area contributed by atoms with E-state index in [2.05, 4.69) is 5.10 Å². The molecule has 164 valence electrons. The molecule has 30 heavy (non-hydrogen) atoms. The molecule has 0 unspecified atom stereocenters. The van der Waals surface area contributed by atoms with E-state index in [4.69, 9.17) is 0 Å². The molecule has 6 nitrogen and oxygen atoms in total. The molecule has 0 aliphatic carbocycles. The molecule has 0 spiro atoms. The predicted molar refractivity (Wildman–Crippen MR) is 89.8 cm³/mol. The van der Waals surface area contributed by atoms with Crippen LogP contribution >= 0.6 is 0 Å². The second-order valence-corrected chi connectivity index (χ2v) is 6.30. The van der Waals surface area contributed by atoms with Crippen molar-refractivity contribution in [2.75, 3.05) is 13.1 Å². The molecule has 2 N–H and O–H groups in total. The fourth-order valence-electron chi connectivity index (χ4n) is 2.44. The van der Waals surface area contributed by atoms with Crippen molar-refractivity contribution in [2.45, 2.75) is 26.2 Å². The second-order valence-electron chi connectivity index (χ2n) is 6.30. The number of nitrogens with one attached hydrogen (secondary N) is 2. The van der Waals surface area contributed by atoms with Crippen LogP contribution in [-0.2, 0) is 0 Å². The maximum absolute atomic E-state index is 14.4. The number of carbonyl (C=O) groups excluding carboxylic acids is 2. The minimum absolute atomic E-state index is 0.0453. The van der Waals surface area contributed by atoms with Crippen LogP contribution in [-0.4, -0.2) is 47.0 Å². The first kappa shape index (κ1) is 23.2. The topological polar surface area (TPSA) is 76.0 Å². The summed E-state index contributed by atoms with van der Waals surface area (Å²) in [5, 5.41) is 7.01. The Bertz CT molecular complexity index is 964. The van der Waals surface area contributed by atoms with Gasteiger partial charge in [0.1, 0.15) is 24.6 Å². The molecule has 0 radical (unpaired) electrons. The van der Waals surface area contributed by atoms with E-state index in [1.54, 1.807) is 10.6 Å². The summed E-state index contributed by atoms with van der Waals surface area (Å²) in [5.41, 5.74) is -0.904. The van der Waals surface area contributed by atoms with Gasteiger partial charge in [0.2, 0.25) is 0 Å². The molecule has 0 bridgehead atoms. The molecule has 1 aromatic heterocycles. The third-order valence-corrected chi connectivity index (χ3v) is 3.79. The van der Waals surface area contributed by atoms with Crippen molar-refractivity contribution in [1.29, 1.82) is 0 Å². The molecular formula is C17H15F7N4O2. The van der Waals surface area contributed by atoms with Crippen LogP contribution in [0.4, 0.5) is 30.7 Å². The molecule has 2 rings (SSSR count). The van der Waals surface area contributed by atoms with Gasteiger partial charge in [0.25, 0.3) is 11.8 Å². The fraction of sp³-hybridized carbons (Fsp3) is 0.353. The number of alkyl halides is 6. The molecule has 1 heterocycles. The molecule has 0 aliphatic heterocycles. The summed E-state index contributed by atoms with van der Waals surface area (Å²) in [5.74, 6) is -3.18. The largest absolute Gasteiger partial charge is 0.405 e. The minimum atomic E-state index is -4.65. The lowest BCUT2D eigenvalue weighted by atomic mass is 10.1. The predicted octanol–water partition coefficient (Wildman–Crippen LogP) is 3.21. The Labute approximate surface area is 165 Å².